The number of nitrogens with one attached hydrogen (secondary N) is 2. The Hall–Kier alpha value is -2.56. The third-order valence-electron chi connectivity index (χ3n) is 3.32. The van der Waals surface area contributed by atoms with Gasteiger partial charge in [-0.05, 0) is 29.3 Å². The molecule has 0 bridgehead atoms. The monoisotopic (exact) mass is 286 g/mol. The van der Waals surface area contributed by atoms with Crippen LogP contribution >= 0.6 is 0 Å². The lowest BCUT2D eigenvalue weighted by Crippen LogP contribution is -2.33. The number of carbonyl (C=O) groups excluding carboxylic acids is 1. The summed E-state index contributed by atoms with van der Waals surface area (Å²) in [6.07, 6.45) is 0.628. The minimum Gasteiger partial charge on any atom is -0.493 e. The van der Waals surface area contributed by atoms with Crippen molar-refractivity contribution in [1.29, 1.82) is 0 Å². The van der Waals surface area contributed by atoms with Gasteiger partial charge in [-0.2, -0.15) is 0 Å². The lowest BCUT2D eigenvalue weighted by atomic mass is 10.1. The van der Waals surface area contributed by atoms with Gasteiger partial charge < -0.3 is 15.4 Å². The molecular formula is C16H15FN2O2. The van der Waals surface area contributed by atoms with Gasteiger partial charge in [0, 0.05) is 19.0 Å². The molecule has 2 aromatic carbocycles. The number of benzene rings is 2. The fourth-order valence-corrected chi connectivity index (χ4v) is 2.24. The summed E-state index contributed by atoms with van der Waals surface area (Å²) in [5.74, 6) is 0.448. The molecule has 0 fully saturated rings. The Morgan fingerprint density at radius 3 is 2.95 bits per heavy atom. The minimum absolute atomic E-state index is 0.209. The zero-order valence-corrected chi connectivity index (χ0v) is 11.4. The maximum Gasteiger partial charge on any atom is 0.319 e. The normalized spacial score (nSPS) is 13.1. The summed E-state index contributed by atoms with van der Waals surface area (Å²) >= 11 is 0. The van der Waals surface area contributed by atoms with Gasteiger partial charge in [0.2, 0.25) is 0 Å². The van der Waals surface area contributed by atoms with Crippen LogP contribution in [0.4, 0.5) is 14.9 Å². The molecule has 0 saturated carbocycles. The lowest BCUT2D eigenvalue weighted by Gasteiger charge is -2.19. The van der Waals surface area contributed by atoms with Crippen molar-refractivity contribution in [2.24, 2.45) is 0 Å². The molecule has 0 atom stereocenters. The predicted molar refractivity (Wildman–Crippen MR) is 77.9 cm³/mol. The van der Waals surface area contributed by atoms with E-state index in [1.165, 1.54) is 12.1 Å². The molecule has 108 valence electrons. The Morgan fingerprint density at radius 1 is 1.19 bits per heavy atom. The van der Waals surface area contributed by atoms with E-state index >= 15 is 0 Å². The molecule has 2 amide bonds. The Bertz CT molecular complexity index is 673. The Kier molecular flexibility index (Phi) is 3.73. The van der Waals surface area contributed by atoms with Crippen molar-refractivity contribution in [3.8, 4) is 5.75 Å². The van der Waals surface area contributed by atoms with Gasteiger partial charge in [0.15, 0.2) is 0 Å². The molecule has 1 aliphatic rings. The van der Waals surface area contributed by atoms with Crippen LogP contribution in [0, 0.1) is 5.82 Å². The molecule has 0 aliphatic carbocycles. The first-order chi connectivity index (χ1) is 10.2. The number of carbonyl (C=O) groups is 1. The molecule has 1 heterocycles. The summed E-state index contributed by atoms with van der Waals surface area (Å²) in [6.45, 7) is 0.971. The molecule has 2 N–H and O–H groups in total. The Balaban J connectivity index is 1.61. The summed E-state index contributed by atoms with van der Waals surface area (Å²) < 4.78 is 18.7. The second-order valence-electron chi connectivity index (χ2n) is 4.86. The van der Waals surface area contributed by atoms with Gasteiger partial charge in [0.1, 0.15) is 11.6 Å². The van der Waals surface area contributed by atoms with Crippen LogP contribution in [-0.2, 0) is 13.0 Å². The molecule has 4 nitrogen and oxygen atoms in total. The molecule has 5 heteroatoms. The zero-order chi connectivity index (χ0) is 14.7. The first-order valence-corrected chi connectivity index (χ1v) is 6.76. The van der Waals surface area contributed by atoms with Gasteiger partial charge in [0.25, 0.3) is 0 Å². The van der Waals surface area contributed by atoms with Crippen LogP contribution in [0.15, 0.2) is 42.5 Å². The number of fused-ring (bicyclic) bond motifs is 1. The maximum atomic E-state index is 13.1. The molecular weight excluding hydrogens is 271 g/mol. The number of ether oxygens (including phenoxy) is 1. The van der Waals surface area contributed by atoms with Gasteiger partial charge in [0.05, 0.1) is 12.3 Å². The fraction of sp³-hybridized carbons (Fsp3) is 0.188. The molecule has 2 aromatic rings. The highest BCUT2D eigenvalue weighted by atomic mass is 19.1. The van der Waals surface area contributed by atoms with Crippen molar-refractivity contribution in [2.75, 3.05) is 11.9 Å². The van der Waals surface area contributed by atoms with Crippen molar-refractivity contribution in [3.05, 3.63) is 59.4 Å². The van der Waals surface area contributed by atoms with E-state index in [-0.39, 0.29) is 11.8 Å². The number of halogens is 1. The largest absolute Gasteiger partial charge is 0.493 e. The van der Waals surface area contributed by atoms with Gasteiger partial charge >= 0.3 is 6.03 Å². The van der Waals surface area contributed by atoms with E-state index < -0.39 is 0 Å². The first-order valence-electron chi connectivity index (χ1n) is 6.76. The molecule has 21 heavy (non-hydrogen) atoms. The standard InChI is InChI=1S/C16H15FN2O2/c17-13-3-1-2-11(8-13)6-7-21-14-5-4-12-10-18-16(20)19-15(12)9-14/h1-5,8-9H,6-7,10H2,(H2,18,19,20). The summed E-state index contributed by atoms with van der Waals surface area (Å²) in [6, 6.07) is 11.9. The molecule has 0 saturated heterocycles. The van der Waals surface area contributed by atoms with Crippen molar-refractivity contribution >= 4 is 11.7 Å². The molecule has 0 unspecified atom stereocenters. The van der Waals surface area contributed by atoms with E-state index in [4.69, 9.17) is 4.74 Å². The van der Waals surface area contributed by atoms with Gasteiger partial charge in [-0.25, -0.2) is 9.18 Å². The van der Waals surface area contributed by atoms with Crippen LogP contribution in [0.3, 0.4) is 0 Å². The third-order valence-corrected chi connectivity index (χ3v) is 3.32. The van der Waals surface area contributed by atoms with Crippen molar-refractivity contribution in [2.45, 2.75) is 13.0 Å². The summed E-state index contributed by atoms with van der Waals surface area (Å²) in [5.41, 5.74) is 2.68. The summed E-state index contributed by atoms with van der Waals surface area (Å²) in [4.78, 5) is 11.3. The minimum atomic E-state index is -0.239. The highest BCUT2D eigenvalue weighted by Gasteiger charge is 2.13. The average Bonchev–Trinajstić information content (AvgIpc) is 2.47. The summed E-state index contributed by atoms with van der Waals surface area (Å²) in [5, 5.41) is 5.44. The fourth-order valence-electron chi connectivity index (χ4n) is 2.24. The maximum absolute atomic E-state index is 13.1. The van der Waals surface area contributed by atoms with Crippen molar-refractivity contribution in [1.82, 2.24) is 5.32 Å². The van der Waals surface area contributed by atoms with Crippen LogP contribution in [0.1, 0.15) is 11.1 Å². The SMILES string of the molecule is O=C1NCc2ccc(OCCc3cccc(F)c3)cc2N1. The second kappa shape index (κ2) is 5.83. The number of hydrogen-bond donors (Lipinski definition) is 2. The quantitative estimate of drug-likeness (QED) is 0.907. The van der Waals surface area contributed by atoms with Crippen LogP contribution < -0.4 is 15.4 Å². The van der Waals surface area contributed by atoms with E-state index in [2.05, 4.69) is 10.6 Å². The molecule has 0 spiro atoms. The van der Waals surface area contributed by atoms with E-state index in [9.17, 15) is 9.18 Å². The molecule has 3 rings (SSSR count). The number of amides is 2. The number of urea groups is 1. The number of rotatable bonds is 4. The molecule has 0 aromatic heterocycles. The van der Waals surface area contributed by atoms with Gasteiger partial charge in [-0.15, -0.1) is 0 Å². The topological polar surface area (TPSA) is 50.4 Å². The zero-order valence-electron chi connectivity index (χ0n) is 11.4. The van der Waals surface area contributed by atoms with Gasteiger partial charge in [-0.3, -0.25) is 0 Å². The van der Waals surface area contributed by atoms with Crippen molar-refractivity contribution < 1.29 is 13.9 Å². The van der Waals surface area contributed by atoms with Crippen LogP contribution in [0.25, 0.3) is 0 Å². The van der Waals surface area contributed by atoms with Crippen LogP contribution in [0.2, 0.25) is 0 Å². The Labute approximate surface area is 121 Å². The van der Waals surface area contributed by atoms with Crippen LogP contribution in [0.5, 0.6) is 5.75 Å². The molecule has 1 aliphatic heterocycles. The third kappa shape index (κ3) is 3.31. The van der Waals surface area contributed by atoms with Crippen LogP contribution in [-0.4, -0.2) is 12.6 Å². The first kappa shape index (κ1) is 13.4. The lowest BCUT2D eigenvalue weighted by molar-refractivity contribution is 0.251. The van der Waals surface area contributed by atoms with E-state index in [0.717, 1.165) is 16.8 Å². The second-order valence-corrected chi connectivity index (χ2v) is 4.86. The number of hydrogen-bond acceptors (Lipinski definition) is 2. The van der Waals surface area contributed by atoms with Crippen molar-refractivity contribution in [3.63, 3.8) is 0 Å². The van der Waals surface area contributed by atoms with Gasteiger partial charge in [-0.1, -0.05) is 18.2 Å². The average molecular weight is 286 g/mol. The highest BCUT2D eigenvalue weighted by molar-refractivity contribution is 5.92. The smallest absolute Gasteiger partial charge is 0.319 e. The van der Waals surface area contributed by atoms with E-state index in [1.54, 1.807) is 12.1 Å². The number of anilines is 1. The van der Waals surface area contributed by atoms with E-state index in [0.29, 0.717) is 25.3 Å². The molecule has 0 radical (unpaired) electrons. The van der Waals surface area contributed by atoms with E-state index in [1.807, 2.05) is 18.2 Å². The summed E-state index contributed by atoms with van der Waals surface area (Å²) in [7, 11) is 0. The Morgan fingerprint density at radius 2 is 2.10 bits per heavy atom. The highest BCUT2D eigenvalue weighted by Crippen LogP contribution is 2.24. The predicted octanol–water partition coefficient (Wildman–Crippen LogP) is 3.08.